The highest BCUT2D eigenvalue weighted by atomic mass is 35.5. The van der Waals surface area contributed by atoms with Crippen LogP contribution in [0.5, 0.6) is 0 Å². The van der Waals surface area contributed by atoms with Crippen molar-refractivity contribution in [1.82, 2.24) is 15.4 Å². The number of benzene rings is 1. The average molecular weight is 404 g/mol. The van der Waals surface area contributed by atoms with E-state index in [0.717, 1.165) is 18.4 Å². The number of aryl methyl sites for hydroxylation is 1. The van der Waals surface area contributed by atoms with Crippen LogP contribution in [0.4, 0.5) is 0 Å². The van der Waals surface area contributed by atoms with Gasteiger partial charge in [-0.2, -0.15) is 0 Å². The molecule has 0 bridgehead atoms. The fourth-order valence-electron chi connectivity index (χ4n) is 2.84. The number of rotatable bonds is 8. The molecule has 1 aromatic carbocycles. The second kappa shape index (κ2) is 9.14. The van der Waals surface area contributed by atoms with Gasteiger partial charge in [-0.15, -0.1) is 12.4 Å². The zero-order chi connectivity index (χ0) is 17.9. The smallest absolute Gasteiger partial charge is 0.240 e. The number of amides is 1. The highest BCUT2D eigenvalue weighted by Gasteiger charge is 2.28. The molecule has 2 aliphatic rings. The number of hydrogen-bond donors (Lipinski definition) is 4. The van der Waals surface area contributed by atoms with Crippen molar-refractivity contribution in [3.8, 4) is 0 Å². The van der Waals surface area contributed by atoms with E-state index in [9.17, 15) is 18.3 Å². The number of aliphatic hydroxyl groups is 1. The van der Waals surface area contributed by atoms with Crippen LogP contribution in [0.25, 0.3) is 0 Å². The minimum Gasteiger partial charge on any atom is -0.391 e. The second-order valence-electron chi connectivity index (χ2n) is 6.83. The van der Waals surface area contributed by atoms with Gasteiger partial charge in [-0.05, 0) is 37.0 Å². The van der Waals surface area contributed by atoms with E-state index in [0.29, 0.717) is 32.5 Å². The van der Waals surface area contributed by atoms with Gasteiger partial charge in [0.25, 0.3) is 0 Å². The summed E-state index contributed by atoms with van der Waals surface area (Å²) in [7, 11) is -3.43. The zero-order valence-electron chi connectivity index (χ0n) is 14.5. The summed E-state index contributed by atoms with van der Waals surface area (Å²) in [4.78, 5) is 12.2. The molecule has 2 fully saturated rings. The first-order valence-electron chi connectivity index (χ1n) is 8.71. The standard InChI is InChI=1S/C17H25N3O4S.ClH/c21-16-11-18-9-13(16)10-19-17(22)8-3-12-1-6-15(7-2-12)25(23,24)20-14-4-5-14;/h1-2,6-7,13-14,16,18,20-21H,3-5,8-11H2,(H,19,22);1H. The Hall–Kier alpha value is -1.19. The van der Waals surface area contributed by atoms with E-state index in [1.807, 2.05) is 0 Å². The van der Waals surface area contributed by atoms with Gasteiger partial charge in [0.15, 0.2) is 0 Å². The molecule has 4 N–H and O–H groups in total. The number of hydrogen-bond acceptors (Lipinski definition) is 5. The molecule has 1 aliphatic carbocycles. The van der Waals surface area contributed by atoms with Crippen molar-refractivity contribution in [1.29, 1.82) is 0 Å². The summed E-state index contributed by atoms with van der Waals surface area (Å²) >= 11 is 0. The minimum absolute atomic E-state index is 0. The Labute approximate surface area is 160 Å². The van der Waals surface area contributed by atoms with E-state index in [1.54, 1.807) is 24.3 Å². The Morgan fingerprint density at radius 1 is 1.19 bits per heavy atom. The third-order valence-corrected chi connectivity index (χ3v) is 6.18. The molecule has 2 atom stereocenters. The van der Waals surface area contributed by atoms with Crippen LogP contribution >= 0.6 is 12.4 Å². The van der Waals surface area contributed by atoms with Gasteiger partial charge in [0, 0.05) is 38.0 Å². The molecule has 2 unspecified atom stereocenters. The summed E-state index contributed by atoms with van der Waals surface area (Å²) in [5.74, 6) is -0.00129. The lowest BCUT2D eigenvalue weighted by Crippen LogP contribution is -2.34. The molecular weight excluding hydrogens is 378 g/mol. The Kier molecular flexibility index (Phi) is 7.42. The number of β-amino-alcohol motifs (C(OH)–C–C–N with tert-alkyl or cyclic N) is 1. The van der Waals surface area contributed by atoms with Gasteiger partial charge in [0.05, 0.1) is 11.0 Å². The maximum absolute atomic E-state index is 12.1. The van der Waals surface area contributed by atoms with Crippen molar-refractivity contribution in [2.45, 2.75) is 42.7 Å². The topological polar surface area (TPSA) is 108 Å². The van der Waals surface area contributed by atoms with E-state index in [1.165, 1.54) is 0 Å². The van der Waals surface area contributed by atoms with Crippen LogP contribution in [-0.2, 0) is 21.2 Å². The van der Waals surface area contributed by atoms with Crippen LogP contribution in [0.15, 0.2) is 29.2 Å². The third kappa shape index (κ3) is 5.92. The SMILES string of the molecule is Cl.O=C(CCc1ccc(S(=O)(=O)NC2CC2)cc1)NCC1CNCC1O. The van der Waals surface area contributed by atoms with Crippen LogP contribution in [0.3, 0.4) is 0 Å². The molecule has 1 saturated heterocycles. The van der Waals surface area contributed by atoms with Crippen LogP contribution in [-0.4, -0.2) is 51.2 Å². The Bertz CT molecular complexity index is 707. The van der Waals surface area contributed by atoms with Crippen molar-refractivity contribution in [2.75, 3.05) is 19.6 Å². The van der Waals surface area contributed by atoms with Crippen LogP contribution in [0, 0.1) is 5.92 Å². The molecule has 3 rings (SSSR count). The molecule has 1 amide bonds. The first-order valence-corrected chi connectivity index (χ1v) is 10.2. The summed E-state index contributed by atoms with van der Waals surface area (Å²) < 4.78 is 26.8. The first kappa shape index (κ1) is 21.1. The highest BCUT2D eigenvalue weighted by molar-refractivity contribution is 7.89. The summed E-state index contributed by atoms with van der Waals surface area (Å²) in [5, 5.41) is 15.6. The second-order valence-corrected chi connectivity index (χ2v) is 8.54. The average Bonchev–Trinajstić information content (AvgIpc) is 3.29. The highest BCUT2D eigenvalue weighted by Crippen LogP contribution is 2.22. The Balaban J connectivity index is 0.00000243. The molecule has 7 nitrogen and oxygen atoms in total. The fraction of sp³-hybridized carbons (Fsp3) is 0.588. The normalized spacial score (nSPS) is 22.7. The monoisotopic (exact) mass is 403 g/mol. The lowest BCUT2D eigenvalue weighted by Gasteiger charge is -2.14. The Morgan fingerprint density at radius 3 is 2.46 bits per heavy atom. The van der Waals surface area contributed by atoms with Gasteiger partial charge in [-0.3, -0.25) is 4.79 Å². The molecule has 1 heterocycles. The maximum atomic E-state index is 12.1. The van der Waals surface area contributed by atoms with Gasteiger partial charge >= 0.3 is 0 Å². The minimum atomic E-state index is -3.43. The molecular formula is C17H26ClN3O4S. The molecule has 1 saturated carbocycles. The summed E-state index contributed by atoms with van der Waals surface area (Å²) in [5.41, 5.74) is 0.920. The number of carbonyl (C=O) groups excluding carboxylic acids is 1. The third-order valence-electron chi connectivity index (χ3n) is 4.64. The predicted molar refractivity (Wildman–Crippen MR) is 101 cm³/mol. The van der Waals surface area contributed by atoms with Crippen LogP contribution in [0.2, 0.25) is 0 Å². The van der Waals surface area contributed by atoms with Gasteiger partial charge in [0.2, 0.25) is 15.9 Å². The van der Waals surface area contributed by atoms with Gasteiger partial charge in [-0.25, -0.2) is 13.1 Å². The molecule has 1 aliphatic heterocycles. The first-order chi connectivity index (χ1) is 11.9. The van der Waals surface area contributed by atoms with Gasteiger partial charge in [-0.1, -0.05) is 12.1 Å². The molecule has 26 heavy (non-hydrogen) atoms. The predicted octanol–water partition coefficient (Wildman–Crippen LogP) is 0.178. The van der Waals surface area contributed by atoms with Crippen LogP contribution < -0.4 is 15.4 Å². The van der Waals surface area contributed by atoms with E-state index < -0.39 is 16.1 Å². The quantitative estimate of drug-likeness (QED) is 0.495. The van der Waals surface area contributed by atoms with E-state index in [2.05, 4.69) is 15.4 Å². The van der Waals surface area contributed by atoms with Crippen molar-refractivity contribution in [3.63, 3.8) is 0 Å². The molecule has 0 spiro atoms. The van der Waals surface area contributed by atoms with E-state index in [-0.39, 0.29) is 35.2 Å². The van der Waals surface area contributed by atoms with E-state index >= 15 is 0 Å². The molecule has 0 aromatic heterocycles. The van der Waals surface area contributed by atoms with Crippen molar-refractivity contribution in [2.24, 2.45) is 5.92 Å². The van der Waals surface area contributed by atoms with E-state index in [4.69, 9.17) is 0 Å². The van der Waals surface area contributed by atoms with Crippen molar-refractivity contribution in [3.05, 3.63) is 29.8 Å². The number of nitrogens with one attached hydrogen (secondary N) is 3. The Morgan fingerprint density at radius 2 is 1.88 bits per heavy atom. The molecule has 1 aromatic rings. The van der Waals surface area contributed by atoms with Crippen LogP contribution in [0.1, 0.15) is 24.8 Å². The number of carbonyl (C=O) groups is 1. The van der Waals surface area contributed by atoms with Crippen molar-refractivity contribution >= 4 is 28.3 Å². The molecule has 9 heteroatoms. The molecule has 146 valence electrons. The summed E-state index contributed by atoms with van der Waals surface area (Å²) in [6.07, 6.45) is 2.29. The molecule has 0 radical (unpaired) electrons. The summed E-state index contributed by atoms with van der Waals surface area (Å²) in [6, 6.07) is 6.75. The number of aliphatic hydroxyl groups excluding tert-OH is 1. The fourth-order valence-corrected chi connectivity index (χ4v) is 4.15. The van der Waals surface area contributed by atoms with Gasteiger partial charge < -0.3 is 15.7 Å². The lowest BCUT2D eigenvalue weighted by atomic mass is 10.1. The summed E-state index contributed by atoms with van der Waals surface area (Å²) in [6.45, 7) is 1.76. The maximum Gasteiger partial charge on any atom is 0.240 e. The number of halogens is 1. The number of sulfonamides is 1. The zero-order valence-corrected chi connectivity index (χ0v) is 16.1. The van der Waals surface area contributed by atoms with Gasteiger partial charge in [0.1, 0.15) is 0 Å². The van der Waals surface area contributed by atoms with Crippen molar-refractivity contribution < 1.29 is 18.3 Å². The largest absolute Gasteiger partial charge is 0.391 e. The lowest BCUT2D eigenvalue weighted by molar-refractivity contribution is -0.121.